The van der Waals surface area contributed by atoms with Crippen LogP contribution in [0.2, 0.25) is 10.0 Å². The molecule has 1 amide bonds. The molecule has 0 aromatic heterocycles. The molecule has 0 heterocycles. The highest BCUT2D eigenvalue weighted by atomic mass is 35.5. The number of phenolic OH excluding ortho intramolecular Hbond substituents is 1. The maximum atomic E-state index is 13.0. The number of unbranched alkanes of at least 4 members (excludes halogenated alkanes) is 2. The fraction of sp³-hybridized carbons (Fsp3) is 0.579. The van der Waals surface area contributed by atoms with Crippen LogP contribution in [-0.2, 0) is 9.59 Å². The molecule has 1 fully saturated rings. The normalized spacial score (nSPS) is 16.2. The summed E-state index contributed by atoms with van der Waals surface area (Å²) in [4.78, 5) is 23.7. The van der Waals surface area contributed by atoms with Crippen molar-refractivity contribution < 1.29 is 19.8 Å². The summed E-state index contributed by atoms with van der Waals surface area (Å²) in [5.74, 6) is -0.978. The Morgan fingerprint density at radius 3 is 2.38 bits per heavy atom. The number of halogens is 2. The minimum absolute atomic E-state index is 0.0239. The number of carbonyl (C=O) groups excluding carboxylic acids is 1. The monoisotopic (exact) mass is 401 g/mol. The summed E-state index contributed by atoms with van der Waals surface area (Å²) in [6, 6.07) is 2.95. The quantitative estimate of drug-likeness (QED) is 0.389. The largest absolute Gasteiger partial charge is 0.506 e. The minimum atomic E-state index is -0.783. The smallest absolute Gasteiger partial charge is 0.303 e. The van der Waals surface area contributed by atoms with E-state index in [9.17, 15) is 14.7 Å². The lowest BCUT2D eigenvalue weighted by Crippen LogP contribution is -2.38. The molecule has 1 aliphatic carbocycles. The number of aromatic hydroxyl groups is 1. The number of benzene rings is 1. The van der Waals surface area contributed by atoms with Crippen LogP contribution in [0.3, 0.4) is 0 Å². The molecule has 3 N–H and O–H groups in total. The summed E-state index contributed by atoms with van der Waals surface area (Å²) in [6.45, 7) is 0. The van der Waals surface area contributed by atoms with Crippen LogP contribution in [0.1, 0.15) is 64.2 Å². The van der Waals surface area contributed by atoms with E-state index in [2.05, 4.69) is 5.32 Å². The zero-order chi connectivity index (χ0) is 19.2. The van der Waals surface area contributed by atoms with Gasteiger partial charge in [0.05, 0.1) is 10.7 Å². The average molecular weight is 402 g/mol. The first-order valence-corrected chi connectivity index (χ1v) is 9.81. The number of hydrogen-bond donors (Lipinski definition) is 3. The van der Waals surface area contributed by atoms with Crippen LogP contribution in [0.5, 0.6) is 5.75 Å². The van der Waals surface area contributed by atoms with Gasteiger partial charge < -0.3 is 15.5 Å². The molecule has 1 saturated carbocycles. The van der Waals surface area contributed by atoms with Crippen LogP contribution in [0.25, 0.3) is 0 Å². The van der Waals surface area contributed by atoms with Gasteiger partial charge in [-0.25, -0.2) is 0 Å². The summed E-state index contributed by atoms with van der Waals surface area (Å²) in [7, 11) is 0. The van der Waals surface area contributed by atoms with Crippen molar-refractivity contribution in [3.63, 3.8) is 0 Å². The number of hydrogen-bond acceptors (Lipinski definition) is 3. The molecule has 0 aliphatic heterocycles. The van der Waals surface area contributed by atoms with Gasteiger partial charge in [-0.3, -0.25) is 9.59 Å². The number of carboxylic acid groups (broad SMARTS) is 1. The summed E-state index contributed by atoms with van der Waals surface area (Å²) < 4.78 is 0. The molecular weight excluding hydrogens is 377 g/mol. The molecule has 0 radical (unpaired) electrons. The number of phenols is 1. The van der Waals surface area contributed by atoms with Crippen molar-refractivity contribution in [2.75, 3.05) is 5.32 Å². The first kappa shape index (κ1) is 20.8. The Bertz CT molecular complexity index is 657. The maximum absolute atomic E-state index is 13.0. The molecule has 5 nitrogen and oxygen atoms in total. The third kappa shape index (κ3) is 5.27. The fourth-order valence-corrected chi connectivity index (χ4v) is 4.00. The van der Waals surface area contributed by atoms with Gasteiger partial charge in [-0.15, -0.1) is 0 Å². The topological polar surface area (TPSA) is 86.6 Å². The lowest BCUT2D eigenvalue weighted by atomic mass is 9.70. The highest BCUT2D eigenvalue weighted by Gasteiger charge is 2.39. The Balaban J connectivity index is 2.04. The molecule has 1 aliphatic rings. The van der Waals surface area contributed by atoms with Gasteiger partial charge in [0.1, 0.15) is 10.8 Å². The van der Waals surface area contributed by atoms with E-state index in [0.717, 1.165) is 51.4 Å². The molecule has 7 heteroatoms. The van der Waals surface area contributed by atoms with Gasteiger partial charge >= 0.3 is 5.97 Å². The Hall–Kier alpha value is -1.46. The summed E-state index contributed by atoms with van der Waals surface area (Å²) in [5, 5.41) is 21.4. The third-order valence-corrected chi connectivity index (χ3v) is 6.02. The number of carboxylic acids is 1. The number of carbonyl (C=O) groups is 2. The first-order chi connectivity index (χ1) is 12.4. The van der Waals surface area contributed by atoms with E-state index in [-0.39, 0.29) is 28.1 Å². The Morgan fingerprint density at radius 1 is 1.04 bits per heavy atom. The molecule has 0 unspecified atom stereocenters. The van der Waals surface area contributed by atoms with Crippen molar-refractivity contribution in [2.45, 2.75) is 64.2 Å². The van der Waals surface area contributed by atoms with E-state index in [4.69, 9.17) is 28.3 Å². The molecule has 0 spiro atoms. The minimum Gasteiger partial charge on any atom is -0.506 e. The number of amides is 1. The zero-order valence-corrected chi connectivity index (χ0v) is 16.2. The number of rotatable bonds is 8. The second-order valence-corrected chi connectivity index (χ2v) is 7.77. The molecule has 1 aromatic rings. The van der Waals surface area contributed by atoms with Crippen molar-refractivity contribution in [1.29, 1.82) is 0 Å². The molecule has 144 valence electrons. The lowest BCUT2D eigenvalue weighted by Gasteiger charge is -2.36. The second-order valence-electron chi connectivity index (χ2n) is 7.01. The summed E-state index contributed by atoms with van der Waals surface area (Å²) in [5.41, 5.74) is -0.0508. The van der Waals surface area contributed by atoms with Crippen LogP contribution >= 0.6 is 23.2 Å². The van der Waals surface area contributed by atoms with Gasteiger partial charge in [-0.1, -0.05) is 55.3 Å². The van der Waals surface area contributed by atoms with Gasteiger partial charge in [-0.2, -0.15) is 0 Å². The predicted molar refractivity (Wildman–Crippen MR) is 103 cm³/mol. The van der Waals surface area contributed by atoms with E-state index in [1.165, 1.54) is 6.07 Å². The Kier molecular flexibility index (Phi) is 7.59. The van der Waals surface area contributed by atoms with Crippen LogP contribution in [0.15, 0.2) is 12.1 Å². The molecule has 0 atom stereocenters. The molecule has 0 saturated heterocycles. The predicted octanol–water partition coefficient (Wildman–Crippen LogP) is 5.62. The SMILES string of the molecule is O=C(O)CCCCCC1(C(=O)Nc2ccc(O)c(Cl)c2Cl)CCCCC1. The van der Waals surface area contributed by atoms with Gasteiger partial charge in [0.25, 0.3) is 0 Å². The number of nitrogens with one attached hydrogen (secondary N) is 1. The van der Waals surface area contributed by atoms with Crippen molar-refractivity contribution >= 4 is 40.8 Å². The number of aliphatic carboxylic acids is 1. The summed E-state index contributed by atoms with van der Waals surface area (Å²) >= 11 is 12.1. The molecule has 26 heavy (non-hydrogen) atoms. The highest BCUT2D eigenvalue weighted by molar-refractivity contribution is 6.44. The van der Waals surface area contributed by atoms with Gasteiger partial charge in [0.15, 0.2) is 0 Å². The van der Waals surface area contributed by atoms with Crippen molar-refractivity contribution in [3.8, 4) is 5.75 Å². The van der Waals surface area contributed by atoms with E-state index < -0.39 is 11.4 Å². The van der Waals surface area contributed by atoms with E-state index in [1.807, 2.05) is 0 Å². The Morgan fingerprint density at radius 2 is 1.73 bits per heavy atom. The van der Waals surface area contributed by atoms with Crippen molar-refractivity contribution in [2.24, 2.45) is 5.41 Å². The van der Waals surface area contributed by atoms with Crippen LogP contribution in [-0.4, -0.2) is 22.1 Å². The maximum Gasteiger partial charge on any atom is 0.303 e. The number of anilines is 1. The molecule has 1 aromatic carbocycles. The van der Waals surface area contributed by atoms with Gasteiger partial charge in [-0.05, 0) is 37.8 Å². The molecular formula is C19H25Cl2NO4. The van der Waals surface area contributed by atoms with E-state index in [1.54, 1.807) is 6.07 Å². The standard InChI is InChI=1S/C19H25Cl2NO4/c20-16-13(8-9-14(23)17(16)21)22-18(26)19(11-5-2-6-12-19)10-4-1-3-7-15(24)25/h8-9,23H,1-7,10-12H2,(H,22,26)(H,24,25). The van der Waals surface area contributed by atoms with Crippen molar-refractivity contribution in [1.82, 2.24) is 0 Å². The molecule has 0 bridgehead atoms. The van der Waals surface area contributed by atoms with Crippen LogP contribution in [0, 0.1) is 5.41 Å². The van der Waals surface area contributed by atoms with Crippen LogP contribution < -0.4 is 5.32 Å². The van der Waals surface area contributed by atoms with E-state index in [0.29, 0.717) is 12.1 Å². The highest BCUT2D eigenvalue weighted by Crippen LogP contribution is 2.43. The fourth-order valence-electron chi connectivity index (χ4n) is 3.63. The zero-order valence-electron chi connectivity index (χ0n) is 14.7. The second kappa shape index (κ2) is 9.47. The average Bonchev–Trinajstić information content (AvgIpc) is 2.62. The molecule has 2 rings (SSSR count). The van der Waals surface area contributed by atoms with Crippen molar-refractivity contribution in [3.05, 3.63) is 22.2 Å². The lowest BCUT2D eigenvalue weighted by molar-refractivity contribution is -0.137. The first-order valence-electron chi connectivity index (χ1n) is 9.06. The van der Waals surface area contributed by atoms with Gasteiger partial charge in [0.2, 0.25) is 5.91 Å². The Labute approximate surface area is 163 Å². The van der Waals surface area contributed by atoms with E-state index >= 15 is 0 Å². The van der Waals surface area contributed by atoms with Gasteiger partial charge in [0, 0.05) is 11.8 Å². The van der Waals surface area contributed by atoms with Crippen LogP contribution in [0.4, 0.5) is 5.69 Å². The third-order valence-electron chi connectivity index (χ3n) is 5.15. The summed E-state index contributed by atoms with van der Waals surface area (Å²) in [6.07, 6.45) is 7.94.